The third-order valence-corrected chi connectivity index (χ3v) is 7.66. The maximum Gasteiger partial charge on any atom is 0.207 e. The number of benzene rings is 1. The number of hydrogen-bond acceptors (Lipinski definition) is 5. The monoisotopic (exact) mass is 439 g/mol. The van der Waals surface area contributed by atoms with Gasteiger partial charge in [-0.15, -0.1) is 11.3 Å². The van der Waals surface area contributed by atoms with Crippen molar-refractivity contribution in [2.75, 3.05) is 12.3 Å². The summed E-state index contributed by atoms with van der Waals surface area (Å²) in [5, 5.41) is 4.67. The highest BCUT2D eigenvalue weighted by atomic mass is 35.5. The standard InChI is InChI=1S/C22H22ClN5OS/c23-16-3-1-2-15-10-17(30-20(15)16)18-19-21(24)26-8-9-28(19)22(27-18)14-6-4-13(5-7-14)11-25-12-29/h1-3,8-10,12-14H,4-7,11H2,(H2,24,26)(H,25,29)/t13-,14-. The number of nitrogens with two attached hydrogens (primary N) is 1. The van der Waals surface area contributed by atoms with Crippen LogP contribution in [0.5, 0.6) is 0 Å². The van der Waals surface area contributed by atoms with Crippen LogP contribution in [0.2, 0.25) is 5.02 Å². The molecule has 0 unspecified atom stereocenters. The number of amides is 1. The van der Waals surface area contributed by atoms with E-state index in [4.69, 9.17) is 22.3 Å². The molecule has 0 spiro atoms. The van der Waals surface area contributed by atoms with Crippen LogP contribution in [-0.2, 0) is 4.79 Å². The Morgan fingerprint density at radius 2 is 2.13 bits per heavy atom. The third-order valence-electron chi connectivity index (χ3n) is 6.04. The molecule has 0 aliphatic heterocycles. The van der Waals surface area contributed by atoms with Gasteiger partial charge in [-0.1, -0.05) is 23.7 Å². The van der Waals surface area contributed by atoms with Crippen LogP contribution < -0.4 is 11.1 Å². The average molecular weight is 440 g/mol. The van der Waals surface area contributed by atoms with Gasteiger partial charge in [0.2, 0.25) is 6.41 Å². The number of nitrogens with one attached hydrogen (secondary N) is 1. The molecular formula is C22H22ClN5OS. The van der Waals surface area contributed by atoms with Crippen molar-refractivity contribution in [1.82, 2.24) is 19.7 Å². The van der Waals surface area contributed by atoms with Crippen LogP contribution in [0.1, 0.15) is 37.4 Å². The van der Waals surface area contributed by atoms with Gasteiger partial charge in [0, 0.05) is 24.9 Å². The average Bonchev–Trinajstić information content (AvgIpc) is 3.36. The van der Waals surface area contributed by atoms with Crippen molar-refractivity contribution in [2.45, 2.75) is 31.6 Å². The number of imidazole rings is 1. The van der Waals surface area contributed by atoms with Gasteiger partial charge < -0.3 is 11.1 Å². The van der Waals surface area contributed by atoms with Gasteiger partial charge in [-0.25, -0.2) is 9.97 Å². The minimum atomic E-state index is 0.360. The van der Waals surface area contributed by atoms with Crippen LogP contribution in [0, 0.1) is 5.92 Å². The molecule has 1 fully saturated rings. The van der Waals surface area contributed by atoms with Crippen molar-refractivity contribution in [3.63, 3.8) is 0 Å². The highest BCUT2D eigenvalue weighted by Gasteiger charge is 2.28. The lowest BCUT2D eigenvalue weighted by Crippen LogP contribution is -2.25. The summed E-state index contributed by atoms with van der Waals surface area (Å²) >= 11 is 8.04. The van der Waals surface area contributed by atoms with E-state index < -0.39 is 0 Å². The molecule has 0 atom stereocenters. The first-order valence-electron chi connectivity index (χ1n) is 10.1. The van der Waals surface area contributed by atoms with Crippen molar-refractivity contribution >= 4 is 50.8 Å². The molecule has 1 aliphatic rings. The van der Waals surface area contributed by atoms with Gasteiger partial charge in [-0.05, 0) is 49.1 Å². The molecule has 1 amide bonds. The summed E-state index contributed by atoms with van der Waals surface area (Å²) in [7, 11) is 0. The van der Waals surface area contributed by atoms with E-state index >= 15 is 0 Å². The van der Waals surface area contributed by atoms with E-state index in [2.05, 4.69) is 26.8 Å². The Bertz CT molecular complexity index is 1230. The molecule has 1 aromatic carbocycles. The molecule has 4 aromatic rings. The van der Waals surface area contributed by atoms with Gasteiger partial charge in [-0.2, -0.15) is 0 Å². The number of carbonyl (C=O) groups excluding carboxylic acids is 1. The summed E-state index contributed by atoms with van der Waals surface area (Å²) in [5.74, 6) is 2.42. The summed E-state index contributed by atoms with van der Waals surface area (Å²) < 4.78 is 3.17. The van der Waals surface area contributed by atoms with Gasteiger partial charge in [0.1, 0.15) is 22.9 Å². The Labute approximate surface area is 183 Å². The second-order valence-corrected chi connectivity index (χ2v) is 9.32. The van der Waals surface area contributed by atoms with Gasteiger partial charge in [0.05, 0.1) is 14.6 Å². The predicted octanol–water partition coefficient (Wildman–Crippen LogP) is 4.87. The summed E-state index contributed by atoms with van der Waals surface area (Å²) in [4.78, 5) is 21.1. The SMILES string of the molecule is Nc1nccn2c1c(-c1cc3cccc(Cl)c3s1)nc2[C@H]1CC[C@H](CNC=O)CC1. The second-order valence-electron chi connectivity index (χ2n) is 7.86. The van der Waals surface area contributed by atoms with E-state index in [0.717, 1.165) is 75.7 Å². The molecule has 6 nitrogen and oxygen atoms in total. The molecule has 1 aliphatic carbocycles. The van der Waals surface area contributed by atoms with Crippen LogP contribution in [-0.4, -0.2) is 27.3 Å². The Balaban J connectivity index is 1.56. The molecule has 5 rings (SSSR count). The van der Waals surface area contributed by atoms with Gasteiger partial charge >= 0.3 is 0 Å². The largest absolute Gasteiger partial charge is 0.382 e. The lowest BCUT2D eigenvalue weighted by Gasteiger charge is -2.27. The van der Waals surface area contributed by atoms with Crippen LogP contribution in [0.15, 0.2) is 36.7 Å². The van der Waals surface area contributed by atoms with E-state index in [0.29, 0.717) is 17.7 Å². The minimum absolute atomic E-state index is 0.360. The number of hydrogen-bond donors (Lipinski definition) is 2. The first kappa shape index (κ1) is 19.3. The number of nitrogen functional groups attached to an aromatic ring is 1. The van der Waals surface area contributed by atoms with Gasteiger partial charge in [0.25, 0.3) is 0 Å². The minimum Gasteiger partial charge on any atom is -0.382 e. The van der Waals surface area contributed by atoms with E-state index in [1.54, 1.807) is 17.5 Å². The molecule has 8 heteroatoms. The molecular weight excluding hydrogens is 418 g/mol. The zero-order valence-electron chi connectivity index (χ0n) is 16.3. The smallest absolute Gasteiger partial charge is 0.207 e. The molecule has 1 saturated carbocycles. The van der Waals surface area contributed by atoms with Crippen LogP contribution in [0.4, 0.5) is 5.82 Å². The fraction of sp³-hybridized carbons (Fsp3) is 0.318. The highest BCUT2D eigenvalue weighted by molar-refractivity contribution is 7.22. The molecule has 154 valence electrons. The van der Waals surface area contributed by atoms with E-state index in [-0.39, 0.29) is 0 Å². The van der Waals surface area contributed by atoms with Crippen LogP contribution >= 0.6 is 22.9 Å². The number of aromatic nitrogens is 3. The topological polar surface area (TPSA) is 85.3 Å². The van der Waals surface area contributed by atoms with Gasteiger partial charge in [-0.3, -0.25) is 9.20 Å². The quantitative estimate of drug-likeness (QED) is 0.434. The Morgan fingerprint density at radius 1 is 1.30 bits per heavy atom. The second kappa shape index (κ2) is 7.89. The van der Waals surface area contributed by atoms with Crippen LogP contribution in [0.3, 0.4) is 0 Å². The number of carbonyl (C=O) groups is 1. The summed E-state index contributed by atoms with van der Waals surface area (Å²) in [6, 6.07) is 8.07. The van der Waals surface area contributed by atoms with Crippen molar-refractivity contribution in [3.8, 4) is 10.6 Å². The van der Waals surface area contributed by atoms with Crippen molar-refractivity contribution in [2.24, 2.45) is 5.92 Å². The van der Waals surface area contributed by atoms with E-state index in [1.807, 2.05) is 18.3 Å². The van der Waals surface area contributed by atoms with E-state index in [9.17, 15) is 4.79 Å². The molecule has 3 N–H and O–H groups in total. The zero-order valence-corrected chi connectivity index (χ0v) is 17.9. The van der Waals surface area contributed by atoms with E-state index in [1.165, 1.54) is 0 Å². The first-order chi connectivity index (χ1) is 14.7. The Hall–Kier alpha value is -2.64. The van der Waals surface area contributed by atoms with Crippen molar-refractivity contribution < 1.29 is 4.79 Å². The molecule has 3 heterocycles. The predicted molar refractivity (Wildman–Crippen MR) is 122 cm³/mol. The molecule has 0 radical (unpaired) electrons. The number of halogens is 1. The number of anilines is 1. The van der Waals surface area contributed by atoms with Gasteiger partial charge in [0.15, 0.2) is 0 Å². The third kappa shape index (κ3) is 3.32. The summed E-state index contributed by atoms with van der Waals surface area (Å²) in [6.45, 7) is 0.753. The molecule has 0 saturated heterocycles. The zero-order chi connectivity index (χ0) is 20.7. The summed E-state index contributed by atoms with van der Waals surface area (Å²) in [6.07, 6.45) is 8.72. The number of fused-ring (bicyclic) bond motifs is 2. The Kier molecular flexibility index (Phi) is 5.08. The number of thiophene rings is 1. The molecule has 0 bridgehead atoms. The normalized spacial score (nSPS) is 19.4. The number of nitrogens with zero attached hydrogens (tertiary/aromatic N) is 3. The molecule has 30 heavy (non-hydrogen) atoms. The maximum absolute atomic E-state index is 10.6. The van der Waals surface area contributed by atoms with Crippen molar-refractivity contribution in [3.05, 3.63) is 47.5 Å². The summed E-state index contributed by atoms with van der Waals surface area (Å²) in [5.41, 5.74) is 8.04. The fourth-order valence-corrected chi connectivity index (χ4v) is 5.88. The molecule has 3 aromatic heterocycles. The lowest BCUT2D eigenvalue weighted by atomic mass is 9.81. The highest BCUT2D eigenvalue weighted by Crippen LogP contribution is 2.42. The van der Waals surface area contributed by atoms with Crippen LogP contribution in [0.25, 0.3) is 26.2 Å². The fourth-order valence-electron chi connectivity index (χ4n) is 4.53. The number of rotatable bonds is 5. The lowest BCUT2D eigenvalue weighted by molar-refractivity contribution is -0.109. The Morgan fingerprint density at radius 3 is 2.90 bits per heavy atom. The first-order valence-corrected chi connectivity index (χ1v) is 11.3. The maximum atomic E-state index is 10.6. The van der Waals surface area contributed by atoms with Crippen molar-refractivity contribution in [1.29, 1.82) is 0 Å².